The van der Waals surface area contributed by atoms with E-state index in [2.05, 4.69) is 27.0 Å². The summed E-state index contributed by atoms with van der Waals surface area (Å²) in [6, 6.07) is 8.07. The number of carbonyl (C=O) groups is 1. The Morgan fingerprint density at radius 2 is 2.25 bits per heavy atom. The van der Waals surface area contributed by atoms with Crippen LogP contribution in [0.15, 0.2) is 30.5 Å². The number of aromatic nitrogens is 1. The topological polar surface area (TPSA) is 36.1 Å². The van der Waals surface area contributed by atoms with E-state index in [1.807, 2.05) is 29.3 Å². The van der Waals surface area contributed by atoms with E-state index in [9.17, 15) is 4.79 Å². The fourth-order valence-corrected chi connectivity index (χ4v) is 2.69. The molecule has 3 rings (SSSR count). The van der Waals surface area contributed by atoms with Gasteiger partial charge >= 0.3 is 0 Å². The smallest absolute Gasteiger partial charge is 0.228 e. The van der Waals surface area contributed by atoms with Crippen LogP contribution in [-0.4, -0.2) is 22.3 Å². The summed E-state index contributed by atoms with van der Waals surface area (Å²) in [7, 11) is 0. The van der Waals surface area contributed by atoms with Crippen LogP contribution in [0, 0.1) is 0 Å². The van der Waals surface area contributed by atoms with Crippen molar-refractivity contribution in [2.24, 2.45) is 0 Å². The predicted molar refractivity (Wildman–Crippen MR) is 68.0 cm³/mol. The quantitative estimate of drug-likeness (QED) is 0.800. The van der Waals surface area contributed by atoms with Crippen molar-refractivity contribution in [2.75, 3.05) is 11.4 Å². The molecule has 1 fully saturated rings. The molecule has 2 aromatic rings. The average molecular weight is 279 g/mol. The molecular weight excluding hydrogens is 268 g/mol. The molecule has 0 saturated carbocycles. The molecule has 0 radical (unpaired) electrons. The van der Waals surface area contributed by atoms with Gasteiger partial charge < -0.3 is 9.88 Å². The van der Waals surface area contributed by atoms with Gasteiger partial charge in [0, 0.05) is 40.6 Å². The van der Waals surface area contributed by atoms with Crippen LogP contribution >= 0.6 is 15.9 Å². The lowest BCUT2D eigenvalue weighted by Gasteiger charge is -2.15. The number of nitrogens with one attached hydrogen (secondary N) is 1. The maximum atomic E-state index is 11.7. The Morgan fingerprint density at radius 1 is 1.38 bits per heavy atom. The normalized spacial score (nSPS) is 20.9. The molecule has 0 spiro atoms. The molecule has 0 aliphatic carbocycles. The molecule has 1 N–H and O–H groups in total. The highest BCUT2D eigenvalue weighted by molar-refractivity contribution is 9.09. The highest BCUT2D eigenvalue weighted by Crippen LogP contribution is 2.27. The summed E-state index contributed by atoms with van der Waals surface area (Å²) in [6.07, 6.45) is 2.50. The number of aromatic amines is 1. The third-order valence-electron chi connectivity index (χ3n) is 2.93. The molecule has 82 valence electrons. The van der Waals surface area contributed by atoms with Crippen molar-refractivity contribution in [3.05, 3.63) is 30.5 Å². The Balaban J connectivity index is 2.02. The fraction of sp³-hybridized carbons (Fsp3) is 0.250. The van der Waals surface area contributed by atoms with Crippen LogP contribution in [0.25, 0.3) is 10.9 Å². The van der Waals surface area contributed by atoms with Crippen molar-refractivity contribution in [2.45, 2.75) is 11.2 Å². The van der Waals surface area contributed by atoms with E-state index in [0.717, 1.165) is 23.1 Å². The Hall–Kier alpha value is -1.29. The lowest BCUT2D eigenvalue weighted by Crippen LogP contribution is -2.24. The lowest BCUT2D eigenvalue weighted by atomic mass is 10.2. The standard InChI is InChI=1S/C12H11BrN2O/c13-9-6-12(16)15(7-9)10-1-2-11-8(5-10)3-4-14-11/h1-5,9,14H,6-7H2. The molecule has 1 aromatic heterocycles. The van der Waals surface area contributed by atoms with Crippen LogP contribution in [0.3, 0.4) is 0 Å². The summed E-state index contributed by atoms with van der Waals surface area (Å²) in [5.74, 6) is 0.191. The van der Waals surface area contributed by atoms with Crippen LogP contribution in [0.2, 0.25) is 0 Å². The van der Waals surface area contributed by atoms with Crippen molar-refractivity contribution in [3.8, 4) is 0 Å². The Morgan fingerprint density at radius 3 is 3.00 bits per heavy atom. The Bertz CT molecular complexity index is 549. The number of nitrogens with zero attached hydrogens (tertiary/aromatic N) is 1. The van der Waals surface area contributed by atoms with Gasteiger partial charge in [0.05, 0.1) is 0 Å². The van der Waals surface area contributed by atoms with E-state index in [1.54, 1.807) is 0 Å². The number of hydrogen-bond donors (Lipinski definition) is 1. The second-order valence-electron chi connectivity index (χ2n) is 4.05. The molecule has 0 bridgehead atoms. The van der Waals surface area contributed by atoms with Gasteiger partial charge in [0.1, 0.15) is 0 Å². The molecule has 4 heteroatoms. The van der Waals surface area contributed by atoms with Crippen LogP contribution < -0.4 is 4.90 Å². The number of halogens is 1. The summed E-state index contributed by atoms with van der Waals surface area (Å²) < 4.78 is 0. The number of anilines is 1. The van der Waals surface area contributed by atoms with Gasteiger partial charge in [0.15, 0.2) is 0 Å². The summed E-state index contributed by atoms with van der Waals surface area (Å²) in [6.45, 7) is 0.759. The highest BCUT2D eigenvalue weighted by atomic mass is 79.9. The van der Waals surface area contributed by atoms with Crippen molar-refractivity contribution < 1.29 is 4.79 Å². The number of carbonyl (C=O) groups excluding carboxylic acids is 1. The minimum absolute atomic E-state index is 0.191. The molecular formula is C12H11BrN2O. The maximum absolute atomic E-state index is 11.7. The minimum atomic E-state index is 0.191. The summed E-state index contributed by atoms with van der Waals surface area (Å²) in [5, 5.41) is 1.14. The first kappa shape index (κ1) is 9.90. The number of rotatable bonds is 1. The van der Waals surface area contributed by atoms with Gasteiger partial charge in [-0.1, -0.05) is 15.9 Å². The third-order valence-corrected chi connectivity index (χ3v) is 3.54. The SMILES string of the molecule is O=C1CC(Br)CN1c1ccc2[nH]ccc2c1. The number of H-pyrrole nitrogens is 1. The van der Waals surface area contributed by atoms with Crippen molar-refractivity contribution in [3.63, 3.8) is 0 Å². The van der Waals surface area contributed by atoms with Crippen LogP contribution in [0.1, 0.15) is 6.42 Å². The first-order valence-corrected chi connectivity index (χ1v) is 6.17. The van der Waals surface area contributed by atoms with E-state index in [1.165, 1.54) is 0 Å². The molecule has 1 aliphatic heterocycles. The molecule has 1 aliphatic rings. The molecule has 2 heterocycles. The second kappa shape index (κ2) is 3.63. The monoisotopic (exact) mass is 278 g/mol. The van der Waals surface area contributed by atoms with E-state index in [4.69, 9.17) is 0 Å². The largest absolute Gasteiger partial charge is 0.361 e. The predicted octanol–water partition coefficient (Wildman–Crippen LogP) is 2.67. The van der Waals surface area contributed by atoms with Gasteiger partial charge in [-0.3, -0.25) is 4.79 Å². The van der Waals surface area contributed by atoms with Crippen LogP contribution in [-0.2, 0) is 4.79 Å². The minimum Gasteiger partial charge on any atom is -0.361 e. The molecule has 1 aromatic carbocycles. The summed E-state index contributed by atoms with van der Waals surface area (Å²) in [4.78, 5) is 17.0. The first-order valence-electron chi connectivity index (χ1n) is 5.25. The second-order valence-corrected chi connectivity index (χ2v) is 5.35. The molecule has 1 atom stereocenters. The van der Waals surface area contributed by atoms with Crippen molar-refractivity contribution >= 4 is 38.4 Å². The lowest BCUT2D eigenvalue weighted by molar-refractivity contribution is -0.117. The summed E-state index contributed by atoms with van der Waals surface area (Å²) >= 11 is 3.49. The zero-order valence-corrected chi connectivity index (χ0v) is 10.2. The van der Waals surface area contributed by atoms with Gasteiger partial charge in [-0.05, 0) is 24.3 Å². The first-order chi connectivity index (χ1) is 7.74. The van der Waals surface area contributed by atoms with Gasteiger partial charge in [-0.2, -0.15) is 0 Å². The number of hydrogen-bond acceptors (Lipinski definition) is 1. The van der Waals surface area contributed by atoms with Crippen LogP contribution in [0.5, 0.6) is 0 Å². The van der Waals surface area contributed by atoms with E-state index < -0.39 is 0 Å². The Kier molecular flexibility index (Phi) is 2.24. The molecule has 1 amide bonds. The molecule has 3 nitrogen and oxygen atoms in total. The third kappa shape index (κ3) is 1.53. The summed E-state index contributed by atoms with van der Waals surface area (Å²) in [5.41, 5.74) is 2.09. The van der Waals surface area contributed by atoms with E-state index in [-0.39, 0.29) is 10.7 Å². The molecule has 1 saturated heterocycles. The average Bonchev–Trinajstić information content (AvgIpc) is 2.83. The van der Waals surface area contributed by atoms with Crippen LogP contribution in [0.4, 0.5) is 5.69 Å². The van der Waals surface area contributed by atoms with Gasteiger partial charge in [-0.15, -0.1) is 0 Å². The zero-order chi connectivity index (χ0) is 11.1. The van der Waals surface area contributed by atoms with E-state index >= 15 is 0 Å². The highest BCUT2D eigenvalue weighted by Gasteiger charge is 2.28. The molecule has 16 heavy (non-hydrogen) atoms. The van der Waals surface area contributed by atoms with Gasteiger partial charge in [-0.25, -0.2) is 0 Å². The number of benzene rings is 1. The van der Waals surface area contributed by atoms with Gasteiger partial charge in [0.25, 0.3) is 0 Å². The van der Waals surface area contributed by atoms with Gasteiger partial charge in [0.2, 0.25) is 5.91 Å². The fourth-order valence-electron chi connectivity index (χ4n) is 2.12. The Labute approximate surface area is 102 Å². The van der Waals surface area contributed by atoms with Crippen molar-refractivity contribution in [1.82, 2.24) is 4.98 Å². The zero-order valence-electron chi connectivity index (χ0n) is 8.61. The number of alkyl halides is 1. The molecule has 1 unspecified atom stereocenters. The van der Waals surface area contributed by atoms with E-state index in [0.29, 0.717) is 6.42 Å². The maximum Gasteiger partial charge on any atom is 0.228 e. The van der Waals surface area contributed by atoms with Crippen molar-refractivity contribution in [1.29, 1.82) is 0 Å². The number of amides is 1. The number of fused-ring (bicyclic) bond motifs is 1.